The monoisotopic (exact) mass is 296 g/mol. The first-order valence-corrected chi connectivity index (χ1v) is 5.85. The molecule has 0 aliphatic rings. The Bertz CT molecular complexity index is 684. The maximum Gasteiger partial charge on any atom is 0.417 e. The second-order valence-corrected chi connectivity index (χ2v) is 4.19. The Morgan fingerprint density at radius 3 is 2.57 bits per heavy atom. The van der Waals surface area contributed by atoms with Crippen LogP contribution in [0.5, 0.6) is 0 Å². The van der Waals surface area contributed by atoms with E-state index in [0.717, 1.165) is 13.2 Å². The number of carbonyl (C=O) groups is 1. The maximum absolute atomic E-state index is 13.0. The minimum absolute atomic E-state index is 0.0769. The maximum atomic E-state index is 13.0. The number of methoxy groups -OCH3 is 1. The lowest BCUT2D eigenvalue weighted by Gasteiger charge is -2.13. The number of pyridine rings is 1. The van der Waals surface area contributed by atoms with E-state index >= 15 is 0 Å². The van der Waals surface area contributed by atoms with E-state index in [2.05, 4.69) is 9.72 Å². The van der Waals surface area contributed by atoms with Crippen molar-refractivity contribution in [1.29, 1.82) is 0 Å². The molecule has 0 fully saturated rings. The third-order valence-corrected chi connectivity index (χ3v) is 2.87. The van der Waals surface area contributed by atoms with Crippen molar-refractivity contribution in [2.75, 3.05) is 12.8 Å². The van der Waals surface area contributed by atoms with Gasteiger partial charge in [-0.1, -0.05) is 18.2 Å². The van der Waals surface area contributed by atoms with Crippen LogP contribution in [0.25, 0.3) is 11.1 Å². The zero-order chi connectivity index (χ0) is 15.6. The molecular weight excluding hydrogens is 285 g/mol. The summed E-state index contributed by atoms with van der Waals surface area (Å²) < 4.78 is 43.5. The summed E-state index contributed by atoms with van der Waals surface area (Å²) in [4.78, 5) is 15.3. The van der Waals surface area contributed by atoms with Crippen LogP contribution in [0.1, 0.15) is 15.9 Å². The van der Waals surface area contributed by atoms with Crippen molar-refractivity contribution in [3.05, 3.63) is 47.7 Å². The molecule has 2 rings (SSSR count). The number of benzene rings is 1. The van der Waals surface area contributed by atoms with Gasteiger partial charge in [-0.2, -0.15) is 13.2 Å². The predicted octanol–water partition coefficient (Wildman–Crippen LogP) is 3.14. The molecule has 0 radical (unpaired) electrons. The highest BCUT2D eigenvalue weighted by molar-refractivity contribution is 5.95. The Morgan fingerprint density at radius 2 is 1.95 bits per heavy atom. The topological polar surface area (TPSA) is 65.2 Å². The number of nitrogens with two attached hydrogens (primary N) is 1. The number of esters is 1. The Morgan fingerprint density at radius 1 is 1.29 bits per heavy atom. The number of hydrogen-bond donors (Lipinski definition) is 1. The quantitative estimate of drug-likeness (QED) is 0.865. The number of hydrogen-bond acceptors (Lipinski definition) is 4. The van der Waals surface area contributed by atoms with Crippen molar-refractivity contribution in [3.8, 4) is 11.1 Å². The minimum Gasteiger partial charge on any atom is -0.465 e. The van der Waals surface area contributed by atoms with E-state index in [1.165, 1.54) is 30.5 Å². The van der Waals surface area contributed by atoms with Crippen molar-refractivity contribution in [3.63, 3.8) is 0 Å². The molecule has 0 aliphatic heterocycles. The number of nitrogen functional groups attached to an aromatic ring is 1. The van der Waals surface area contributed by atoms with Crippen LogP contribution in [0.4, 0.5) is 19.0 Å². The van der Waals surface area contributed by atoms with Gasteiger partial charge in [0.1, 0.15) is 11.4 Å². The lowest BCUT2D eigenvalue weighted by molar-refractivity contribution is -0.137. The van der Waals surface area contributed by atoms with Gasteiger partial charge in [0, 0.05) is 11.8 Å². The van der Waals surface area contributed by atoms with Crippen LogP contribution in [0.2, 0.25) is 0 Å². The van der Waals surface area contributed by atoms with Gasteiger partial charge in [0.2, 0.25) is 0 Å². The molecule has 1 heterocycles. The van der Waals surface area contributed by atoms with Crippen LogP contribution in [0, 0.1) is 0 Å². The number of halogens is 3. The third kappa shape index (κ3) is 2.96. The van der Waals surface area contributed by atoms with Crippen LogP contribution in [-0.2, 0) is 10.9 Å². The molecule has 0 saturated carbocycles. The summed E-state index contributed by atoms with van der Waals surface area (Å²) in [7, 11) is 1.15. The van der Waals surface area contributed by atoms with Gasteiger partial charge in [-0.05, 0) is 17.7 Å². The van der Waals surface area contributed by atoms with Crippen molar-refractivity contribution in [2.45, 2.75) is 6.18 Å². The molecule has 1 aromatic carbocycles. The molecule has 0 atom stereocenters. The lowest BCUT2D eigenvalue weighted by Crippen LogP contribution is -2.09. The second-order valence-electron chi connectivity index (χ2n) is 4.19. The molecule has 1 aromatic heterocycles. The highest BCUT2D eigenvalue weighted by atomic mass is 19.4. The molecule has 0 unspecified atom stereocenters. The summed E-state index contributed by atoms with van der Waals surface area (Å²) in [6, 6.07) is 6.26. The summed E-state index contributed by atoms with van der Waals surface area (Å²) in [6.07, 6.45) is -3.32. The van der Waals surface area contributed by atoms with Crippen LogP contribution in [-0.4, -0.2) is 18.1 Å². The summed E-state index contributed by atoms with van der Waals surface area (Å²) in [5.74, 6) is -0.860. The van der Waals surface area contributed by atoms with Gasteiger partial charge in [-0.25, -0.2) is 9.78 Å². The Kier molecular flexibility index (Phi) is 3.84. The fourth-order valence-electron chi connectivity index (χ4n) is 1.88. The second kappa shape index (κ2) is 5.43. The number of rotatable bonds is 2. The van der Waals surface area contributed by atoms with Crippen LogP contribution < -0.4 is 5.73 Å². The van der Waals surface area contributed by atoms with E-state index in [9.17, 15) is 18.0 Å². The van der Waals surface area contributed by atoms with Gasteiger partial charge in [0.25, 0.3) is 0 Å². The summed E-state index contributed by atoms with van der Waals surface area (Å²) in [5, 5.41) is 0. The highest BCUT2D eigenvalue weighted by Gasteiger charge is 2.33. The molecule has 7 heteroatoms. The molecule has 0 bridgehead atoms. The van der Waals surface area contributed by atoms with E-state index in [0.29, 0.717) is 0 Å². The molecule has 2 N–H and O–H groups in total. The van der Waals surface area contributed by atoms with E-state index < -0.39 is 17.7 Å². The Balaban J connectivity index is 2.61. The van der Waals surface area contributed by atoms with Crippen LogP contribution in [0.3, 0.4) is 0 Å². The molecule has 21 heavy (non-hydrogen) atoms. The lowest BCUT2D eigenvalue weighted by atomic mass is 9.99. The highest BCUT2D eigenvalue weighted by Crippen LogP contribution is 2.37. The van der Waals surface area contributed by atoms with Crippen molar-refractivity contribution in [1.82, 2.24) is 4.98 Å². The number of nitrogens with zero attached hydrogens (tertiary/aromatic N) is 1. The van der Waals surface area contributed by atoms with Gasteiger partial charge >= 0.3 is 12.1 Å². The first-order chi connectivity index (χ1) is 9.84. The normalized spacial score (nSPS) is 11.2. The van der Waals surface area contributed by atoms with E-state index in [1.54, 1.807) is 0 Å². The minimum atomic E-state index is -4.51. The number of carbonyl (C=O) groups excluding carboxylic acids is 1. The molecule has 4 nitrogen and oxygen atoms in total. The van der Waals surface area contributed by atoms with E-state index in [-0.39, 0.29) is 22.5 Å². The van der Waals surface area contributed by atoms with Gasteiger partial charge in [0.05, 0.1) is 12.7 Å². The first kappa shape index (κ1) is 14.8. The molecule has 110 valence electrons. The number of ether oxygens (including phenoxy) is 1. The van der Waals surface area contributed by atoms with Gasteiger partial charge in [0.15, 0.2) is 0 Å². The largest absolute Gasteiger partial charge is 0.465 e. The smallest absolute Gasteiger partial charge is 0.417 e. The zero-order valence-electron chi connectivity index (χ0n) is 10.9. The van der Waals surface area contributed by atoms with Gasteiger partial charge in [-0.15, -0.1) is 0 Å². The van der Waals surface area contributed by atoms with Crippen LogP contribution >= 0.6 is 0 Å². The molecule has 0 aliphatic carbocycles. The summed E-state index contributed by atoms with van der Waals surface area (Å²) >= 11 is 0. The molecular formula is C14H11F3N2O2. The number of alkyl halides is 3. The average Bonchev–Trinajstić information content (AvgIpc) is 2.46. The number of anilines is 1. The predicted molar refractivity (Wildman–Crippen MR) is 70.4 cm³/mol. The van der Waals surface area contributed by atoms with Crippen molar-refractivity contribution in [2.24, 2.45) is 0 Å². The summed E-state index contributed by atoms with van der Waals surface area (Å²) in [5.41, 5.74) is 4.70. The Hall–Kier alpha value is -2.57. The van der Waals surface area contributed by atoms with E-state index in [4.69, 9.17) is 5.73 Å². The molecule has 0 spiro atoms. The Labute approximate surface area is 118 Å². The SMILES string of the molecule is COC(=O)c1cc(-c2ccccc2C(F)(F)F)cnc1N. The first-order valence-electron chi connectivity index (χ1n) is 5.85. The fraction of sp³-hybridized carbons (Fsp3) is 0.143. The van der Waals surface area contributed by atoms with Gasteiger partial charge in [-0.3, -0.25) is 0 Å². The standard InChI is InChI=1S/C14H11F3N2O2/c1-21-13(20)10-6-8(7-19-12(10)18)9-4-2-3-5-11(9)14(15,16)17/h2-7H,1H3,(H2,18,19). The molecule has 2 aromatic rings. The molecule has 0 saturated heterocycles. The van der Waals surface area contributed by atoms with Crippen molar-refractivity contribution >= 4 is 11.8 Å². The van der Waals surface area contributed by atoms with Gasteiger partial charge < -0.3 is 10.5 Å². The van der Waals surface area contributed by atoms with Crippen LogP contribution in [0.15, 0.2) is 36.5 Å². The average molecular weight is 296 g/mol. The third-order valence-electron chi connectivity index (χ3n) is 2.87. The fourth-order valence-corrected chi connectivity index (χ4v) is 1.88. The zero-order valence-corrected chi connectivity index (χ0v) is 10.9. The van der Waals surface area contributed by atoms with Crippen molar-refractivity contribution < 1.29 is 22.7 Å². The summed E-state index contributed by atoms with van der Waals surface area (Å²) in [6.45, 7) is 0. The van der Waals surface area contributed by atoms with E-state index in [1.807, 2.05) is 0 Å². The number of aromatic nitrogens is 1. The molecule has 0 amide bonds.